The first-order valence-corrected chi connectivity index (χ1v) is 8.91. The Hall–Kier alpha value is -1.81. The van der Waals surface area contributed by atoms with Crippen molar-refractivity contribution in [1.29, 1.82) is 0 Å². The van der Waals surface area contributed by atoms with Gasteiger partial charge in [0.05, 0.1) is 21.3 Å². The highest BCUT2D eigenvalue weighted by molar-refractivity contribution is 7.98. The van der Waals surface area contributed by atoms with Gasteiger partial charge in [-0.15, -0.1) is 11.8 Å². The quantitative estimate of drug-likeness (QED) is 0.754. The minimum Gasteiger partial charge on any atom is -0.493 e. The lowest BCUT2D eigenvalue weighted by molar-refractivity contribution is 0.323. The molecule has 4 heteroatoms. The number of rotatable bonds is 5. The minimum atomic E-state index is 0.377. The number of benzene rings is 2. The molecule has 1 unspecified atom stereocenters. The van der Waals surface area contributed by atoms with Crippen LogP contribution in [0, 0.1) is 0 Å². The van der Waals surface area contributed by atoms with Gasteiger partial charge in [0, 0.05) is 10.8 Å². The molecular weight excluding hydrogens is 308 g/mol. The molecule has 3 nitrogen and oxygen atoms in total. The Labute approximate surface area is 142 Å². The summed E-state index contributed by atoms with van der Waals surface area (Å²) in [5, 5.41) is 0. The van der Waals surface area contributed by atoms with Crippen LogP contribution in [0.1, 0.15) is 29.0 Å². The fourth-order valence-electron chi connectivity index (χ4n) is 3.46. The zero-order valence-corrected chi connectivity index (χ0v) is 14.8. The number of aryl methyl sites for hydroxylation is 1. The van der Waals surface area contributed by atoms with E-state index in [1.165, 1.54) is 21.6 Å². The van der Waals surface area contributed by atoms with E-state index in [9.17, 15) is 0 Å². The molecule has 1 aliphatic carbocycles. The van der Waals surface area contributed by atoms with Gasteiger partial charge in [0.2, 0.25) is 5.75 Å². The molecule has 2 aromatic rings. The summed E-state index contributed by atoms with van der Waals surface area (Å²) in [6, 6.07) is 10.8. The molecule has 0 fully saturated rings. The molecule has 1 aliphatic rings. The predicted octanol–water partition coefficient (Wildman–Crippen LogP) is 4.51. The van der Waals surface area contributed by atoms with Crippen molar-refractivity contribution in [3.63, 3.8) is 0 Å². The van der Waals surface area contributed by atoms with E-state index in [0.29, 0.717) is 11.7 Å². The lowest BCUT2D eigenvalue weighted by Crippen LogP contribution is -2.02. The largest absolute Gasteiger partial charge is 0.493 e. The molecule has 0 bridgehead atoms. The van der Waals surface area contributed by atoms with Crippen molar-refractivity contribution in [1.82, 2.24) is 0 Å². The maximum absolute atomic E-state index is 5.51. The summed E-state index contributed by atoms with van der Waals surface area (Å²) in [5.74, 6) is 2.46. The molecule has 23 heavy (non-hydrogen) atoms. The Kier molecular flexibility index (Phi) is 4.71. The highest BCUT2D eigenvalue weighted by Gasteiger charge is 2.28. The van der Waals surface area contributed by atoms with E-state index in [-0.39, 0.29) is 0 Å². The van der Waals surface area contributed by atoms with Gasteiger partial charge in [0.15, 0.2) is 11.5 Å². The molecular formula is C19H22O3S. The number of hydrogen-bond donors (Lipinski definition) is 0. The second kappa shape index (κ2) is 6.75. The molecule has 0 aromatic heterocycles. The Bertz CT molecular complexity index is 687. The van der Waals surface area contributed by atoms with E-state index in [4.69, 9.17) is 14.2 Å². The van der Waals surface area contributed by atoms with Crippen LogP contribution in [-0.2, 0) is 6.42 Å². The predicted molar refractivity (Wildman–Crippen MR) is 94.5 cm³/mol. The molecule has 0 aliphatic heterocycles. The van der Waals surface area contributed by atoms with E-state index in [1.54, 1.807) is 21.3 Å². The summed E-state index contributed by atoms with van der Waals surface area (Å²) in [6.07, 6.45) is 4.37. The van der Waals surface area contributed by atoms with Crippen molar-refractivity contribution in [2.75, 3.05) is 27.6 Å². The van der Waals surface area contributed by atoms with E-state index in [0.717, 1.165) is 24.3 Å². The molecule has 0 N–H and O–H groups in total. The highest BCUT2D eigenvalue weighted by Crippen LogP contribution is 2.47. The van der Waals surface area contributed by atoms with Crippen molar-refractivity contribution in [3.8, 4) is 17.2 Å². The molecule has 3 rings (SSSR count). The van der Waals surface area contributed by atoms with Gasteiger partial charge in [-0.25, -0.2) is 0 Å². The highest BCUT2D eigenvalue weighted by atomic mass is 32.2. The number of methoxy groups -OCH3 is 3. The Morgan fingerprint density at radius 1 is 1.00 bits per heavy atom. The van der Waals surface area contributed by atoms with Gasteiger partial charge < -0.3 is 14.2 Å². The number of fused-ring (bicyclic) bond motifs is 1. The van der Waals surface area contributed by atoms with Gasteiger partial charge in [-0.3, -0.25) is 0 Å². The molecule has 122 valence electrons. The van der Waals surface area contributed by atoms with E-state index >= 15 is 0 Å². The lowest BCUT2D eigenvalue weighted by atomic mass is 9.92. The minimum absolute atomic E-state index is 0.377. The van der Waals surface area contributed by atoms with Gasteiger partial charge in [0.1, 0.15) is 0 Å². The van der Waals surface area contributed by atoms with Gasteiger partial charge in [0.25, 0.3) is 0 Å². The van der Waals surface area contributed by atoms with Crippen LogP contribution in [0.5, 0.6) is 17.2 Å². The van der Waals surface area contributed by atoms with Crippen molar-refractivity contribution < 1.29 is 14.2 Å². The van der Waals surface area contributed by atoms with Crippen LogP contribution >= 0.6 is 11.8 Å². The Morgan fingerprint density at radius 2 is 1.70 bits per heavy atom. The van der Waals surface area contributed by atoms with E-state index in [2.05, 4.69) is 36.6 Å². The molecule has 0 saturated heterocycles. The standard InChI is InChI=1S/C19H22O3S/c1-20-15-10-13(11-16(21-2)19(15)22-3)14-9-8-12-6-5-7-17(23-4)18(12)14/h5-7,10-11,14H,8-9H2,1-4H3. The van der Waals surface area contributed by atoms with Gasteiger partial charge >= 0.3 is 0 Å². The van der Waals surface area contributed by atoms with Crippen LogP contribution in [0.15, 0.2) is 35.2 Å². The SMILES string of the molecule is COc1cc(C2CCc3cccc(SC)c32)cc(OC)c1OC. The second-order valence-electron chi connectivity index (χ2n) is 5.58. The molecule has 2 aromatic carbocycles. The molecule has 0 spiro atoms. The molecule has 1 atom stereocenters. The number of hydrogen-bond acceptors (Lipinski definition) is 4. The first-order valence-electron chi connectivity index (χ1n) is 7.69. The van der Waals surface area contributed by atoms with Crippen LogP contribution in [-0.4, -0.2) is 27.6 Å². The molecule has 0 saturated carbocycles. The summed E-state index contributed by atoms with van der Waals surface area (Å²) in [5.41, 5.74) is 4.13. The Balaban J connectivity index is 2.12. The fraction of sp³-hybridized carbons (Fsp3) is 0.368. The first-order chi connectivity index (χ1) is 11.2. The third kappa shape index (κ3) is 2.76. The summed E-state index contributed by atoms with van der Waals surface area (Å²) < 4.78 is 16.5. The molecule has 0 radical (unpaired) electrons. The maximum atomic E-state index is 5.51. The Morgan fingerprint density at radius 3 is 2.26 bits per heavy atom. The second-order valence-corrected chi connectivity index (χ2v) is 6.43. The number of thioether (sulfide) groups is 1. The monoisotopic (exact) mass is 330 g/mol. The van der Waals surface area contributed by atoms with Gasteiger partial charge in [-0.2, -0.15) is 0 Å². The smallest absolute Gasteiger partial charge is 0.203 e. The van der Waals surface area contributed by atoms with Crippen molar-refractivity contribution >= 4 is 11.8 Å². The first kappa shape index (κ1) is 16.1. The lowest BCUT2D eigenvalue weighted by Gasteiger charge is -2.19. The summed E-state index contributed by atoms with van der Waals surface area (Å²) in [7, 11) is 4.96. The van der Waals surface area contributed by atoms with Gasteiger partial charge in [-0.1, -0.05) is 12.1 Å². The molecule has 0 heterocycles. The maximum Gasteiger partial charge on any atom is 0.203 e. The topological polar surface area (TPSA) is 27.7 Å². The van der Waals surface area contributed by atoms with E-state index < -0.39 is 0 Å². The van der Waals surface area contributed by atoms with Crippen molar-refractivity contribution in [3.05, 3.63) is 47.0 Å². The van der Waals surface area contributed by atoms with E-state index in [1.807, 2.05) is 11.8 Å². The van der Waals surface area contributed by atoms with Crippen molar-refractivity contribution in [2.24, 2.45) is 0 Å². The summed E-state index contributed by atoms with van der Waals surface area (Å²) >= 11 is 1.81. The van der Waals surface area contributed by atoms with Crippen LogP contribution in [0.4, 0.5) is 0 Å². The zero-order chi connectivity index (χ0) is 16.4. The van der Waals surface area contributed by atoms with Crippen LogP contribution in [0.25, 0.3) is 0 Å². The third-order valence-corrected chi connectivity index (χ3v) is 5.31. The summed E-state index contributed by atoms with van der Waals surface area (Å²) in [6.45, 7) is 0. The third-order valence-electron chi connectivity index (χ3n) is 4.52. The average Bonchev–Trinajstić information content (AvgIpc) is 3.04. The number of ether oxygens (including phenoxy) is 3. The normalized spacial score (nSPS) is 16.1. The average molecular weight is 330 g/mol. The summed E-state index contributed by atoms with van der Waals surface area (Å²) in [4.78, 5) is 1.36. The van der Waals surface area contributed by atoms with Gasteiger partial charge in [-0.05, 0) is 54.0 Å². The van der Waals surface area contributed by atoms with Crippen LogP contribution in [0.2, 0.25) is 0 Å². The van der Waals surface area contributed by atoms with Crippen LogP contribution in [0.3, 0.4) is 0 Å². The van der Waals surface area contributed by atoms with Crippen molar-refractivity contribution in [2.45, 2.75) is 23.7 Å². The zero-order valence-electron chi connectivity index (χ0n) is 14.0. The van der Waals surface area contributed by atoms with Crippen LogP contribution < -0.4 is 14.2 Å². The fourth-order valence-corrected chi connectivity index (χ4v) is 4.17. The molecule has 0 amide bonds.